The summed E-state index contributed by atoms with van der Waals surface area (Å²) in [5.74, 6) is 1.01. The molecule has 1 aromatic rings. The minimum absolute atomic E-state index is 0.0429. The van der Waals surface area contributed by atoms with Crippen molar-refractivity contribution in [2.75, 3.05) is 18.6 Å². The molecule has 1 amide bonds. The van der Waals surface area contributed by atoms with Crippen molar-refractivity contribution < 1.29 is 9.53 Å². The van der Waals surface area contributed by atoms with Crippen LogP contribution in [-0.2, 0) is 4.79 Å². The van der Waals surface area contributed by atoms with Gasteiger partial charge in [-0.25, -0.2) is 0 Å². The van der Waals surface area contributed by atoms with Gasteiger partial charge in [0.1, 0.15) is 5.75 Å². The minimum Gasteiger partial charge on any atom is -0.496 e. The topological polar surface area (TPSA) is 29.5 Å². The van der Waals surface area contributed by atoms with E-state index in [1.165, 1.54) is 0 Å². The first kappa shape index (κ1) is 12.4. The standard InChI is InChI=1S/C13H16BrNO2/c1-9-8-10(5-6-12(9)17-2)15-7-3-4-11(14)13(15)16/h5-6,8,11H,3-4,7H2,1-2H3. The van der Waals surface area contributed by atoms with Crippen LogP contribution in [0.5, 0.6) is 5.75 Å². The number of halogens is 1. The second kappa shape index (κ2) is 5.08. The zero-order valence-corrected chi connectivity index (χ0v) is 11.7. The second-order valence-electron chi connectivity index (χ2n) is 4.25. The third kappa shape index (κ3) is 2.46. The smallest absolute Gasteiger partial charge is 0.240 e. The Morgan fingerprint density at radius 1 is 1.47 bits per heavy atom. The Balaban J connectivity index is 2.27. The van der Waals surface area contributed by atoms with E-state index < -0.39 is 0 Å². The molecule has 1 heterocycles. The fourth-order valence-corrected chi connectivity index (χ4v) is 2.69. The van der Waals surface area contributed by atoms with Gasteiger partial charge in [-0.15, -0.1) is 0 Å². The normalized spacial score (nSPS) is 20.5. The predicted octanol–water partition coefficient (Wildman–Crippen LogP) is 2.89. The number of rotatable bonds is 2. The summed E-state index contributed by atoms with van der Waals surface area (Å²) < 4.78 is 5.22. The summed E-state index contributed by atoms with van der Waals surface area (Å²) in [5, 5.41) is 0. The lowest BCUT2D eigenvalue weighted by Gasteiger charge is -2.30. The lowest BCUT2D eigenvalue weighted by Crippen LogP contribution is -2.41. The van der Waals surface area contributed by atoms with Crippen molar-refractivity contribution in [2.45, 2.75) is 24.6 Å². The van der Waals surface area contributed by atoms with E-state index in [-0.39, 0.29) is 10.7 Å². The Morgan fingerprint density at radius 2 is 2.24 bits per heavy atom. The molecule has 0 saturated carbocycles. The molecule has 17 heavy (non-hydrogen) atoms. The monoisotopic (exact) mass is 297 g/mol. The number of aryl methyl sites for hydroxylation is 1. The fourth-order valence-electron chi connectivity index (χ4n) is 2.12. The molecule has 1 unspecified atom stereocenters. The van der Waals surface area contributed by atoms with E-state index in [9.17, 15) is 4.79 Å². The first-order valence-electron chi connectivity index (χ1n) is 5.73. The molecule has 4 heteroatoms. The summed E-state index contributed by atoms with van der Waals surface area (Å²) in [7, 11) is 1.66. The molecule has 92 valence electrons. The number of methoxy groups -OCH3 is 1. The molecule has 0 N–H and O–H groups in total. The molecule has 0 spiro atoms. The average Bonchev–Trinajstić information content (AvgIpc) is 2.32. The number of hydrogen-bond acceptors (Lipinski definition) is 2. The zero-order valence-electron chi connectivity index (χ0n) is 10.1. The van der Waals surface area contributed by atoms with Gasteiger partial charge in [0.25, 0.3) is 0 Å². The molecule has 1 aromatic carbocycles. The van der Waals surface area contributed by atoms with Crippen molar-refractivity contribution in [1.82, 2.24) is 0 Å². The van der Waals surface area contributed by atoms with Crippen molar-refractivity contribution in [2.24, 2.45) is 0 Å². The molecule has 1 aliphatic heterocycles. The SMILES string of the molecule is COc1ccc(N2CCCC(Br)C2=O)cc1C. The summed E-state index contributed by atoms with van der Waals surface area (Å²) in [6, 6.07) is 5.85. The highest BCUT2D eigenvalue weighted by atomic mass is 79.9. The Kier molecular flexibility index (Phi) is 3.72. The molecule has 1 atom stereocenters. The number of benzene rings is 1. The number of carbonyl (C=O) groups excluding carboxylic acids is 1. The molecule has 0 radical (unpaired) electrons. The van der Waals surface area contributed by atoms with E-state index in [1.54, 1.807) is 7.11 Å². The number of alkyl halides is 1. The van der Waals surface area contributed by atoms with E-state index in [4.69, 9.17) is 4.74 Å². The third-order valence-electron chi connectivity index (χ3n) is 3.06. The van der Waals surface area contributed by atoms with E-state index >= 15 is 0 Å². The van der Waals surface area contributed by atoms with Crippen molar-refractivity contribution in [1.29, 1.82) is 0 Å². The number of amides is 1. The summed E-state index contributed by atoms with van der Waals surface area (Å²) in [4.78, 5) is 13.8. The van der Waals surface area contributed by atoms with E-state index in [0.717, 1.165) is 36.4 Å². The zero-order chi connectivity index (χ0) is 12.4. The average molecular weight is 298 g/mol. The van der Waals surface area contributed by atoms with Crippen LogP contribution in [0.4, 0.5) is 5.69 Å². The maximum absolute atomic E-state index is 12.0. The van der Waals surface area contributed by atoms with Gasteiger partial charge < -0.3 is 9.64 Å². The van der Waals surface area contributed by atoms with Crippen molar-refractivity contribution in [3.8, 4) is 5.75 Å². The lowest BCUT2D eigenvalue weighted by molar-refractivity contribution is -0.118. The number of nitrogens with zero attached hydrogens (tertiary/aromatic N) is 1. The van der Waals surface area contributed by atoms with Gasteiger partial charge in [0.15, 0.2) is 0 Å². The molecule has 0 bridgehead atoms. The molecule has 0 aliphatic carbocycles. The van der Waals surface area contributed by atoms with Crippen LogP contribution in [0, 0.1) is 6.92 Å². The predicted molar refractivity (Wildman–Crippen MR) is 72.0 cm³/mol. The molecular weight excluding hydrogens is 282 g/mol. The highest BCUT2D eigenvalue weighted by molar-refractivity contribution is 9.10. The van der Waals surface area contributed by atoms with E-state index in [1.807, 2.05) is 30.0 Å². The van der Waals surface area contributed by atoms with Gasteiger partial charge in [-0.3, -0.25) is 4.79 Å². The summed E-state index contributed by atoms with van der Waals surface area (Å²) in [6.07, 6.45) is 1.96. The summed E-state index contributed by atoms with van der Waals surface area (Å²) in [5.41, 5.74) is 2.01. The lowest BCUT2D eigenvalue weighted by atomic mass is 10.1. The Labute approximate surface area is 110 Å². The van der Waals surface area contributed by atoms with Gasteiger partial charge in [-0.05, 0) is 43.5 Å². The summed E-state index contributed by atoms with van der Waals surface area (Å²) in [6.45, 7) is 2.79. The van der Waals surface area contributed by atoms with Gasteiger partial charge >= 0.3 is 0 Å². The third-order valence-corrected chi connectivity index (χ3v) is 3.91. The van der Waals surface area contributed by atoms with Crippen LogP contribution in [0.1, 0.15) is 18.4 Å². The molecule has 2 rings (SSSR count). The van der Waals surface area contributed by atoms with Crippen LogP contribution in [0.25, 0.3) is 0 Å². The molecule has 1 aliphatic rings. The Morgan fingerprint density at radius 3 is 2.88 bits per heavy atom. The van der Waals surface area contributed by atoms with E-state index in [0.29, 0.717) is 0 Å². The maximum atomic E-state index is 12.0. The number of carbonyl (C=O) groups is 1. The van der Waals surface area contributed by atoms with Crippen molar-refractivity contribution in [3.05, 3.63) is 23.8 Å². The molecule has 0 aromatic heterocycles. The summed E-state index contributed by atoms with van der Waals surface area (Å²) >= 11 is 3.42. The van der Waals surface area contributed by atoms with Gasteiger partial charge in [0.05, 0.1) is 11.9 Å². The van der Waals surface area contributed by atoms with Crippen LogP contribution in [0.3, 0.4) is 0 Å². The fraction of sp³-hybridized carbons (Fsp3) is 0.462. The number of anilines is 1. The number of piperidine rings is 1. The van der Waals surface area contributed by atoms with Crippen LogP contribution in [0.2, 0.25) is 0 Å². The molecule has 1 fully saturated rings. The highest BCUT2D eigenvalue weighted by Gasteiger charge is 2.27. The second-order valence-corrected chi connectivity index (χ2v) is 5.36. The molecular formula is C13H16BrNO2. The first-order chi connectivity index (χ1) is 8.13. The van der Waals surface area contributed by atoms with Crippen molar-refractivity contribution >= 4 is 27.5 Å². The molecule has 3 nitrogen and oxygen atoms in total. The van der Waals surface area contributed by atoms with Crippen LogP contribution in [0.15, 0.2) is 18.2 Å². The largest absolute Gasteiger partial charge is 0.496 e. The van der Waals surface area contributed by atoms with Gasteiger partial charge in [-0.2, -0.15) is 0 Å². The number of hydrogen-bond donors (Lipinski definition) is 0. The van der Waals surface area contributed by atoms with Gasteiger partial charge in [-0.1, -0.05) is 15.9 Å². The van der Waals surface area contributed by atoms with Crippen LogP contribution in [-0.4, -0.2) is 24.4 Å². The Bertz CT molecular complexity index is 433. The molecule has 1 saturated heterocycles. The Hall–Kier alpha value is -1.03. The quantitative estimate of drug-likeness (QED) is 0.786. The highest BCUT2D eigenvalue weighted by Crippen LogP contribution is 2.28. The number of ether oxygens (including phenoxy) is 1. The van der Waals surface area contributed by atoms with E-state index in [2.05, 4.69) is 15.9 Å². The van der Waals surface area contributed by atoms with Gasteiger partial charge in [0.2, 0.25) is 5.91 Å². The van der Waals surface area contributed by atoms with Crippen molar-refractivity contribution in [3.63, 3.8) is 0 Å². The maximum Gasteiger partial charge on any atom is 0.240 e. The van der Waals surface area contributed by atoms with Crippen LogP contribution >= 0.6 is 15.9 Å². The first-order valence-corrected chi connectivity index (χ1v) is 6.65. The van der Waals surface area contributed by atoms with Gasteiger partial charge in [0, 0.05) is 12.2 Å². The van der Waals surface area contributed by atoms with Crippen LogP contribution < -0.4 is 9.64 Å². The minimum atomic E-state index is -0.0429.